The van der Waals surface area contributed by atoms with Crippen LogP contribution in [0.5, 0.6) is 0 Å². The Labute approximate surface area is 162 Å². The monoisotopic (exact) mass is 375 g/mol. The van der Waals surface area contributed by atoms with Crippen LogP contribution in [0, 0.1) is 0 Å². The summed E-state index contributed by atoms with van der Waals surface area (Å²) in [6.07, 6.45) is 8.45. The molecule has 0 aliphatic carbocycles. The smallest absolute Gasteiger partial charge is 0.329 e. The van der Waals surface area contributed by atoms with Gasteiger partial charge in [-0.05, 0) is 25.3 Å². The van der Waals surface area contributed by atoms with Crippen LogP contribution in [0.1, 0.15) is 81.6 Å². The van der Waals surface area contributed by atoms with Crippen molar-refractivity contribution in [2.45, 2.75) is 78.2 Å². The minimum atomic E-state index is -0.947. The van der Waals surface area contributed by atoms with Crippen LogP contribution in [0.3, 0.4) is 0 Å². The largest absolute Gasteiger partial charge is 0.464 e. The summed E-state index contributed by atoms with van der Waals surface area (Å²) < 4.78 is 4.93. The van der Waals surface area contributed by atoms with Crippen LogP contribution >= 0.6 is 0 Å². The maximum atomic E-state index is 12.5. The fourth-order valence-electron chi connectivity index (χ4n) is 2.95. The predicted molar refractivity (Wildman–Crippen MR) is 107 cm³/mol. The van der Waals surface area contributed by atoms with Gasteiger partial charge in [0.25, 0.3) is 0 Å². The summed E-state index contributed by atoms with van der Waals surface area (Å²) in [6.45, 7) is 5.42. The lowest BCUT2D eigenvalue weighted by Gasteiger charge is -2.15. The van der Waals surface area contributed by atoms with E-state index >= 15 is 0 Å². The molecule has 1 amide bonds. The molecule has 5 nitrogen and oxygen atoms in total. The molecular weight excluding hydrogens is 342 g/mol. The lowest BCUT2D eigenvalue weighted by atomic mass is 10.00. The third kappa shape index (κ3) is 9.36. The molecule has 0 saturated carbocycles. The van der Waals surface area contributed by atoms with Crippen LogP contribution in [0.15, 0.2) is 24.3 Å². The Morgan fingerprint density at radius 1 is 0.963 bits per heavy atom. The van der Waals surface area contributed by atoms with Gasteiger partial charge in [-0.1, -0.05) is 63.3 Å². The van der Waals surface area contributed by atoms with Crippen molar-refractivity contribution in [2.75, 3.05) is 6.61 Å². The molecule has 0 spiro atoms. The molecule has 0 fully saturated rings. The minimum absolute atomic E-state index is 0.102. The van der Waals surface area contributed by atoms with Crippen LogP contribution in [0.4, 0.5) is 0 Å². The number of ketones is 1. The fourth-order valence-corrected chi connectivity index (χ4v) is 2.95. The molecule has 1 unspecified atom stereocenters. The molecule has 27 heavy (non-hydrogen) atoms. The van der Waals surface area contributed by atoms with E-state index in [4.69, 9.17) is 4.74 Å². The predicted octanol–water partition coefficient (Wildman–Crippen LogP) is 4.23. The molecule has 0 saturated heterocycles. The van der Waals surface area contributed by atoms with E-state index < -0.39 is 12.0 Å². The zero-order valence-corrected chi connectivity index (χ0v) is 16.9. The van der Waals surface area contributed by atoms with E-state index in [2.05, 4.69) is 12.2 Å². The number of amides is 1. The van der Waals surface area contributed by atoms with Gasteiger partial charge in [0.15, 0.2) is 5.78 Å². The van der Waals surface area contributed by atoms with Crippen LogP contribution in [0.2, 0.25) is 0 Å². The number of carbonyl (C=O) groups excluding carboxylic acids is 3. The van der Waals surface area contributed by atoms with Crippen molar-refractivity contribution in [3.05, 3.63) is 35.4 Å². The number of nitrogens with one attached hydrogen (secondary N) is 1. The number of unbranched alkanes of at least 4 members (excludes halogenated alkanes) is 5. The topological polar surface area (TPSA) is 72.5 Å². The molecule has 5 heteroatoms. The number of ether oxygens (including phenoxy) is 1. The van der Waals surface area contributed by atoms with E-state index in [1.54, 1.807) is 19.1 Å². The van der Waals surface area contributed by atoms with Crippen LogP contribution < -0.4 is 5.32 Å². The number of benzene rings is 1. The van der Waals surface area contributed by atoms with Gasteiger partial charge in [0, 0.05) is 18.9 Å². The number of esters is 1. The maximum Gasteiger partial charge on any atom is 0.329 e. The summed E-state index contributed by atoms with van der Waals surface area (Å²) in [5.41, 5.74) is 1.76. The van der Waals surface area contributed by atoms with Gasteiger partial charge in [0.2, 0.25) is 5.91 Å². The highest BCUT2D eigenvalue weighted by Gasteiger charge is 2.24. The van der Waals surface area contributed by atoms with Crippen molar-refractivity contribution < 1.29 is 19.1 Å². The van der Waals surface area contributed by atoms with Gasteiger partial charge >= 0.3 is 5.97 Å². The second-order valence-electron chi connectivity index (χ2n) is 6.85. The van der Waals surface area contributed by atoms with Gasteiger partial charge in [0.05, 0.1) is 6.61 Å². The molecule has 1 rings (SSSR count). The molecule has 0 aliphatic rings. The van der Waals surface area contributed by atoms with Crippen molar-refractivity contribution in [3.8, 4) is 0 Å². The summed E-state index contributed by atoms with van der Waals surface area (Å²) >= 11 is 0. The number of Topliss-reactive ketones (excluding diaryl/α,β-unsaturated/α-hetero) is 1. The zero-order chi connectivity index (χ0) is 20.1. The average Bonchev–Trinajstić information content (AvgIpc) is 2.64. The normalized spacial score (nSPS) is 11.7. The van der Waals surface area contributed by atoms with Crippen LogP contribution in [0.25, 0.3) is 0 Å². The van der Waals surface area contributed by atoms with Gasteiger partial charge in [-0.2, -0.15) is 0 Å². The third-order valence-corrected chi connectivity index (χ3v) is 4.43. The third-order valence-electron chi connectivity index (χ3n) is 4.43. The van der Waals surface area contributed by atoms with Gasteiger partial charge in [-0.15, -0.1) is 0 Å². The Morgan fingerprint density at radius 3 is 2.19 bits per heavy atom. The van der Waals surface area contributed by atoms with E-state index in [9.17, 15) is 14.4 Å². The molecule has 0 radical (unpaired) electrons. The summed E-state index contributed by atoms with van der Waals surface area (Å²) in [5.74, 6) is -1.14. The van der Waals surface area contributed by atoms with Crippen LogP contribution in [-0.4, -0.2) is 30.3 Å². The Hall–Kier alpha value is -2.17. The minimum Gasteiger partial charge on any atom is -0.464 e. The van der Waals surface area contributed by atoms with Crippen molar-refractivity contribution in [2.24, 2.45) is 0 Å². The van der Waals surface area contributed by atoms with Gasteiger partial charge < -0.3 is 10.1 Å². The molecule has 150 valence electrons. The van der Waals surface area contributed by atoms with E-state index in [1.165, 1.54) is 44.6 Å². The van der Waals surface area contributed by atoms with Gasteiger partial charge in [0.1, 0.15) is 6.04 Å². The summed E-state index contributed by atoms with van der Waals surface area (Å²) in [7, 11) is 0. The number of carbonyl (C=O) groups is 3. The quantitative estimate of drug-likeness (QED) is 0.318. The summed E-state index contributed by atoms with van der Waals surface area (Å²) in [5, 5.41) is 2.49. The number of hydrogen-bond donors (Lipinski definition) is 1. The number of rotatable bonds is 13. The molecule has 1 atom stereocenters. The molecule has 0 heterocycles. The first-order valence-corrected chi connectivity index (χ1v) is 10.0. The van der Waals surface area contributed by atoms with Gasteiger partial charge in [-0.25, -0.2) is 4.79 Å². The first-order chi connectivity index (χ1) is 13.0. The first kappa shape index (κ1) is 22.9. The standard InChI is InChI=1S/C22H33NO4/c1-4-6-7-8-9-10-11-18-12-14-19(15-13-18)21(25)16-20(23-17(3)24)22(26)27-5-2/h12-15,20H,4-11,16H2,1-3H3,(H,23,24). The number of hydrogen-bond acceptors (Lipinski definition) is 4. The Bertz CT molecular complexity index is 595. The second kappa shape index (κ2) is 13.1. The number of aryl methyl sites for hydroxylation is 1. The lowest BCUT2D eigenvalue weighted by Crippen LogP contribution is -2.42. The van der Waals surface area contributed by atoms with E-state index in [1.807, 2.05) is 12.1 Å². The molecule has 0 aromatic heterocycles. The van der Waals surface area contributed by atoms with Crippen molar-refractivity contribution in [3.63, 3.8) is 0 Å². The summed E-state index contributed by atoms with van der Waals surface area (Å²) in [4.78, 5) is 35.7. The molecule has 0 bridgehead atoms. The Morgan fingerprint density at radius 2 is 1.59 bits per heavy atom. The zero-order valence-electron chi connectivity index (χ0n) is 16.9. The molecule has 1 aromatic carbocycles. The molecule has 1 N–H and O–H groups in total. The van der Waals surface area contributed by atoms with Gasteiger partial charge in [-0.3, -0.25) is 9.59 Å². The molecule has 0 aliphatic heterocycles. The maximum absolute atomic E-state index is 12.5. The van der Waals surface area contributed by atoms with Crippen LogP contribution in [-0.2, 0) is 20.7 Å². The Kier molecular flexibility index (Phi) is 11.1. The van der Waals surface area contributed by atoms with E-state index in [0.717, 1.165) is 12.8 Å². The Balaban J connectivity index is 2.54. The highest BCUT2D eigenvalue weighted by atomic mass is 16.5. The van der Waals surface area contributed by atoms with Crippen molar-refractivity contribution in [1.29, 1.82) is 0 Å². The molecular formula is C22H33NO4. The summed E-state index contributed by atoms with van der Waals surface area (Å²) in [6, 6.07) is 6.58. The highest BCUT2D eigenvalue weighted by Crippen LogP contribution is 2.13. The first-order valence-electron chi connectivity index (χ1n) is 10.0. The SMILES string of the molecule is CCCCCCCCc1ccc(C(=O)CC(NC(C)=O)C(=O)OCC)cc1. The van der Waals surface area contributed by atoms with E-state index in [-0.39, 0.29) is 24.7 Å². The fraction of sp³-hybridized carbons (Fsp3) is 0.591. The molecule has 1 aromatic rings. The average molecular weight is 376 g/mol. The second-order valence-corrected chi connectivity index (χ2v) is 6.85. The van der Waals surface area contributed by atoms with E-state index in [0.29, 0.717) is 5.56 Å². The van der Waals surface area contributed by atoms with Crippen molar-refractivity contribution >= 4 is 17.7 Å². The lowest BCUT2D eigenvalue weighted by molar-refractivity contribution is -0.147. The van der Waals surface area contributed by atoms with Crippen molar-refractivity contribution in [1.82, 2.24) is 5.32 Å². The highest BCUT2D eigenvalue weighted by molar-refractivity contribution is 5.99.